The van der Waals surface area contributed by atoms with Gasteiger partial charge in [-0.1, -0.05) is 11.6 Å². The molecular formula is C14H17ClFN3O2. The zero-order valence-electron chi connectivity index (χ0n) is 11.7. The third kappa shape index (κ3) is 3.92. The summed E-state index contributed by atoms with van der Waals surface area (Å²) in [4.78, 5) is 27.3. The summed E-state index contributed by atoms with van der Waals surface area (Å²) < 4.78 is 13.0. The van der Waals surface area contributed by atoms with Crippen molar-refractivity contribution in [2.24, 2.45) is 0 Å². The second-order valence-electron chi connectivity index (χ2n) is 4.92. The molecule has 0 aliphatic carbocycles. The van der Waals surface area contributed by atoms with Crippen molar-refractivity contribution >= 4 is 23.4 Å². The topological polar surface area (TPSA) is 52.7 Å². The molecule has 0 atom stereocenters. The predicted octanol–water partition coefficient (Wildman–Crippen LogP) is 0.983. The lowest BCUT2D eigenvalue weighted by Crippen LogP contribution is -2.49. The maximum absolute atomic E-state index is 13.0. The summed E-state index contributed by atoms with van der Waals surface area (Å²) in [5, 5.41) is 3.20. The summed E-state index contributed by atoms with van der Waals surface area (Å²) in [5.41, 5.74) is 0.189. The van der Waals surface area contributed by atoms with Crippen LogP contribution in [0.25, 0.3) is 0 Å². The average Bonchev–Trinajstić information content (AvgIpc) is 2.47. The fourth-order valence-corrected chi connectivity index (χ4v) is 2.41. The first kappa shape index (κ1) is 15.7. The maximum Gasteiger partial charge on any atom is 0.255 e. The van der Waals surface area contributed by atoms with Gasteiger partial charge in [0.15, 0.2) is 0 Å². The van der Waals surface area contributed by atoms with Gasteiger partial charge in [0.25, 0.3) is 5.91 Å². The van der Waals surface area contributed by atoms with Crippen LogP contribution < -0.4 is 5.32 Å². The number of piperazine rings is 1. The molecule has 2 rings (SSSR count). The van der Waals surface area contributed by atoms with Gasteiger partial charge in [0, 0.05) is 33.2 Å². The van der Waals surface area contributed by atoms with Crippen molar-refractivity contribution in [3.05, 3.63) is 34.6 Å². The third-order valence-electron chi connectivity index (χ3n) is 3.35. The SMILES string of the molecule is CN(CC(=O)N1CCNCC1)C(=O)c1ccc(F)cc1Cl. The van der Waals surface area contributed by atoms with Gasteiger partial charge in [0.2, 0.25) is 5.91 Å². The minimum absolute atomic E-state index is 0.0213. The molecule has 5 nitrogen and oxygen atoms in total. The molecule has 1 aliphatic heterocycles. The van der Waals surface area contributed by atoms with Gasteiger partial charge in [0.05, 0.1) is 17.1 Å². The van der Waals surface area contributed by atoms with Crippen molar-refractivity contribution in [1.29, 1.82) is 0 Å². The van der Waals surface area contributed by atoms with Crippen molar-refractivity contribution in [3.8, 4) is 0 Å². The molecule has 0 unspecified atom stereocenters. The number of nitrogens with zero attached hydrogens (tertiary/aromatic N) is 2. The molecule has 1 N–H and O–H groups in total. The largest absolute Gasteiger partial charge is 0.339 e. The molecule has 114 valence electrons. The molecule has 21 heavy (non-hydrogen) atoms. The zero-order chi connectivity index (χ0) is 15.4. The van der Waals surface area contributed by atoms with E-state index in [2.05, 4.69) is 5.32 Å². The molecule has 1 aliphatic rings. The first-order chi connectivity index (χ1) is 9.99. The highest BCUT2D eigenvalue weighted by molar-refractivity contribution is 6.33. The average molecular weight is 314 g/mol. The Morgan fingerprint density at radius 1 is 1.38 bits per heavy atom. The highest BCUT2D eigenvalue weighted by atomic mass is 35.5. The summed E-state index contributed by atoms with van der Waals surface area (Å²) in [6.45, 7) is 2.77. The number of likely N-dealkylation sites (N-methyl/N-ethyl adjacent to an activating group) is 1. The van der Waals surface area contributed by atoms with Gasteiger partial charge in [-0.2, -0.15) is 0 Å². The van der Waals surface area contributed by atoms with Gasteiger partial charge < -0.3 is 15.1 Å². The molecule has 7 heteroatoms. The second-order valence-corrected chi connectivity index (χ2v) is 5.32. The van der Waals surface area contributed by atoms with Gasteiger partial charge >= 0.3 is 0 Å². The molecule has 1 fully saturated rings. The Kier molecular flexibility index (Phi) is 5.14. The van der Waals surface area contributed by atoms with E-state index in [0.717, 1.165) is 19.2 Å². The van der Waals surface area contributed by atoms with Crippen LogP contribution >= 0.6 is 11.6 Å². The van der Waals surface area contributed by atoms with Crippen molar-refractivity contribution in [3.63, 3.8) is 0 Å². The van der Waals surface area contributed by atoms with Crippen LogP contribution in [0.1, 0.15) is 10.4 Å². The number of hydrogen-bond acceptors (Lipinski definition) is 3. The van der Waals surface area contributed by atoms with Crippen LogP contribution in [0, 0.1) is 5.82 Å². The predicted molar refractivity (Wildman–Crippen MR) is 77.8 cm³/mol. The molecule has 1 heterocycles. The van der Waals surface area contributed by atoms with E-state index in [9.17, 15) is 14.0 Å². The van der Waals surface area contributed by atoms with E-state index in [-0.39, 0.29) is 23.0 Å². The lowest BCUT2D eigenvalue weighted by Gasteiger charge is -2.29. The van der Waals surface area contributed by atoms with E-state index in [4.69, 9.17) is 11.6 Å². The number of amides is 2. The molecule has 2 amide bonds. The van der Waals surface area contributed by atoms with Crippen molar-refractivity contribution in [2.45, 2.75) is 0 Å². The summed E-state index contributed by atoms with van der Waals surface area (Å²) in [7, 11) is 1.53. The smallest absolute Gasteiger partial charge is 0.255 e. The van der Waals surface area contributed by atoms with Crippen LogP contribution in [0.4, 0.5) is 4.39 Å². The molecule has 0 spiro atoms. The lowest BCUT2D eigenvalue weighted by molar-refractivity contribution is -0.132. The number of benzene rings is 1. The van der Waals surface area contributed by atoms with E-state index in [0.29, 0.717) is 13.1 Å². The number of halogens is 2. The molecule has 1 saturated heterocycles. The molecule has 0 saturated carbocycles. The number of carbonyl (C=O) groups is 2. The second kappa shape index (κ2) is 6.87. The van der Waals surface area contributed by atoms with E-state index in [1.54, 1.807) is 4.90 Å². The van der Waals surface area contributed by atoms with Gasteiger partial charge in [-0.05, 0) is 18.2 Å². The highest BCUT2D eigenvalue weighted by Crippen LogP contribution is 2.18. The standard InChI is InChI=1S/C14H17ClFN3O2/c1-18(9-13(20)19-6-4-17-5-7-19)14(21)11-3-2-10(16)8-12(11)15/h2-3,8,17H,4-7,9H2,1H3. The Hall–Kier alpha value is -1.66. The van der Waals surface area contributed by atoms with Crippen LogP contribution in [-0.4, -0.2) is 61.4 Å². The minimum Gasteiger partial charge on any atom is -0.339 e. The minimum atomic E-state index is -0.504. The van der Waals surface area contributed by atoms with E-state index in [1.165, 1.54) is 24.1 Å². The first-order valence-electron chi connectivity index (χ1n) is 6.68. The first-order valence-corrected chi connectivity index (χ1v) is 7.06. The normalized spacial score (nSPS) is 14.9. The molecular weight excluding hydrogens is 297 g/mol. The molecule has 1 aromatic carbocycles. The Labute approximate surface area is 127 Å². The summed E-state index contributed by atoms with van der Waals surface area (Å²) in [5.74, 6) is -1.01. The van der Waals surface area contributed by atoms with Gasteiger partial charge in [-0.3, -0.25) is 9.59 Å². The number of nitrogens with one attached hydrogen (secondary N) is 1. The Balaban J connectivity index is 2.00. The summed E-state index contributed by atoms with van der Waals surface area (Å²) in [6, 6.07) is 3.58. The Morgan fingerprint density at radius 3 is 2.67 bits per heavy atom. The van der Waals surface area contributed by atoms with Crippen molar-refractivity contribution in [1.82, 2.24) is 15.1 Å². The molecule has 1 aromatic rings. The maximum atomic E-state index is 13.0. The van der Waals surface area contributed by atoms with Crippen LogP contribution in [0.3, 0.4) is 0 Å². The quantitative estimate of drug-likeness (QED) is 0.905. The monoisotopic (exact) mass is 313 g/mol. The summed E-state index contributed by atoms with van der Waals surface area (Å²) in [6.07, 6.45) is 0. The van der Waals surface area contributed by atoms with Crippen LogP contribution in [0.5, 0.6) is 0 Å². The Morgan fingerprint density at radius 2 is 2.05 bits per heavy atom. The fraction of sp³-hybridized carbons (Fsp3) is 0.429. The summed E-state index contributed by atoms with van der Waals surface area (Å²) >= 11 is 5.86. The van der Waals surface area contributed by atoms with Gasteiger partial charge in [-0.15, -0.1) is 0 Å². The lowest BCUT2D eigenvalue weighted by atomic mass is 10.2. The van der Waals surface area contributed by atoms with Crippen LogP contribution in [0.2, 0.25) is 5.02 Å². The highest BCUT2D eigenvalue weighted by Gasteiger charge is 2.22. The fourth-order valence-electron chi connectivity index (χ4n) is 2.16. The van der Waals surface area contributed by atoms with Crippen LogP contribution in [-0.2, 0) is 4.79 Å². The third-order valence-corrected chi connectivity index (χ3v) is 3.66. The van der Waals surface area contributed by atoms with Crippen LogP contribution in [0.15, 0.2) is 18.2 Å². The van der Waals surface area contributed by atoms with Gasteiger partial charge in [-0.25, -0.2) is 4.39 Å². The molecule has 0 radical (unpaired) electrons. The van der Waals surface area contributed by atoms with Crippen molar-refractivity contribution in [2.75, 3.05) is 39.8 Å². The Bertz CT molecular complexity index is 547. The molecule has 0 aromatic heterocycles. The zero-order valence-corrected chi connectivity index (χ0v) is 12.5. The number of carbonyl (C=O) groups excluding carboxylic acids is 2. The number of hydrogen-bond donors (Lipinski definition) is 1. The van der Waals surface area contributed by atoms with E-state index >= 15 is 0 Å². The van der Waals surface area contributed by atoms with E-state index in [1.807, 2.05) is 0 Å². The van der Waals surface area contributed by atoms with Crippen molar-refractivity contribution < 1.29 is 14.0 Å². The number of rotatable bonds is 3. The van der Waals surface area contributed by atoms with E-state index < -0.39 is 11.7 Å². The van der Waals surface area contributed by atoms with Gasteiger partial charge in [0.1, 0.15) is 5.82 Å². The molecule has 0 bridgehead atoms.